The van der Waals surface area contributed by atoms with E-state index in [0.29, 0.717) is 12.1 Å². The molecule has 0 aromatic rings. The summed E-state index contributed by atoms with van der Waals surface area (Å²) in [4.78, 5) is 0. The minimum Gasteiger partial charge on any atom is -0.378 e. The van der Waals surface area contributed by atoms with E-state index in [1.165, 1.54) is 64.2 Å². The van der Waals surface area contributed by atoms with Gasteiger partial charge in [0.05, 0.1) is 6.10 Å². The quantitative estimate of drug-likeness (QED) is 0.807. The van der Waals surface area contributed by atoms with E-state index in [9.17, 15) is 0 Å². The lowest BCUT2D eigenvalue weighted by atomic mass is 9.76. The Kier molecular flexibility index (Phi) is 5.97. The number of nitrogens with two attached hydrogens (primary N) is 1. The third-order valence-electron chi connectivity index (χ3n) is 5.17. The highest BCUT2D eigenvalue weighted by atomic mass is 16.5. The van der Waals surface area contributed by atoms with Gasteiger partial charge in [-0.15, -0.1) is 0 Å². The lowest BCUT2D eigenvalue weighted by molar-refractivity contribution is 0.00776. The van der Waals surface area contributed by atoms with Crippen LogP contribution in [-0.2, 0) is 4.74 Å². The molecule has 1 aliphatic carbocycles. The molecule has 0 bridgehead atoms. The fraction of sp³-hybridized carbons (Fsp3) is 1.00. The summed E-state index contributed by atoms with van der Waals surface area (Å²) in [6.45, 7) is 3.30. The van der Waals surface area contributed by atoms with Gasteiger partial charge in [0.1, 0.15) is 0 Å². The Hall–Kier alpha value is -0.0800. The van der Waals surface area contributed by atoms with Crippen molar-refractivity contribution in [1.29, 1.82) is 0 Å². The maximum Gasteiger partial charge on any atom is 0.0575 e. The monoisotopic (exact) mass is 253 g/mol. The van der Waals surface area contributed by atoms with Crippen LogP contribution in [0.3, 0.4) is 0 Å². The molecular weight excluding hydrogens is 222 g/mol. The molecule has 2 nitrogen and oxygen atoms in total. The second-order valence-corrected chi connectivity index (χ2v) is 6.42. The predicted molar refractivity (Wildman–Crippen MR) is 76.5 cm³/mol. The van der Waals surface area contributed by atoms with Gasteiger partial charge in [-0.25, -0.2) is 0 Å². The van der Waals surface area contributed by atoms with Crippen LogP contribution in [0.4, 0.5) is 0 Å². The number of ether oxygens (including phenoxy) is 1. The molecule has 2 heteroatoms. The zero-order chi connectivity index (χ0) is 12.8. The fourth-order valence-corrected chi connectivity index (χ4v) is 3.67. The zero-order valence-electron chi connectivity index (χ0n) is 12.1. The van der Waals surface area contributed by atoms with Crippen molar-refractivity contribution in [2.45, 2.75) is 83.3 Å². The summed E-state index contributed by atoms with van der Waals surface area (Å²) < 4.78 is 5.79. The van der Waals surface area contributed by atoms with Crippen LogP contribution in [0.2, 0.25) is 0 Å². The smallest absolute Gasteiger partial charge is 0.0575 e. The maximum absolute atomic E-state index is 6.40. The molecule has 2 atom stereocenters. The van der Waals surface area contributed by atoms with Gasteiger partial charge in [0.25, 0.3) is 0 Å². The number of hydrogen-bond donors (Lipinski definition) is 1. The normalized spacial score (nSPS) is 35.3. The first-order valence-corrected chi connectivity index (χ1v) is 8.16. The van der Waals surface area contributed by atoms with Crippen molar-refractivity contribution in [2.24, 2.45) is 17.6 Å². The molecule has 2 unspecified atom stereocenters. The SMILES string of the molecule is CCC1CCC(C(N)CCC2CCCCO2)CC1. The summed E-state index contributed by atoms with van der Waals surface area (Å²) in [5.41, 5.74) is 6.40. The summed E-state index contributed by atoms with van der Waals surface area (Å²) in [7, 11) is 0. The second-order valence-electron chi connectivity index (χ2n) is 6.42. The van der Waals surface area contributed by atoms with E-state index in [2.05, 4.69) is 6.92 Å². The van der Waals surface area contributed by atoms with E-state index in [0.717, 1.165) is 18.4 Å². The molecule has 2 aliphatic rings. The number of hydrogen-bond acceptors (Lipinski definition) is 2. The highest BCUT2D eigenvalue weighted by Crippen LogP contribution is 2.33. The lowest BCUT2D eigenvalue weighted by Crippen LogP contribution is -2.34. The van der Waals surface area contributed by atoms with Crippen molar-refractivity contribution in [3.63, 3.8) is 0 Å². The molecular formula is C16H31NO. The second kappa shape index (κ2) is 7.49. The molecule has 2 fully saturated rings. The van der Waals surface area contributed by atoms with Crippen molar-refractivity contribution in [3.05, 3.63) is 0 Å². The van der Waals surface area contributed by atoms with E-state index < -0.39 is 0 Å². The third-order valence-corrected chi connectivity index (χ3v) is 5.17. The summed E-state index contributed by atoms with van der Waals surface area (Å²) in [5.74, 6) is 1.77. The first-order chi connectivity index (χ1) is 8.79. The third kappa shape index (κ3) is 4.24. The Morgan fingerprint density at radius 1 is 1.11 bits per heavy atom. The van der Waals surface area contributed by atoms with Crippen molar-refractivity contribution in [2.75, 3.05) is 6.61 Å². The minimum atomic E-state index is 0.424. The molecule has 0 aromatic heterocycles. The average Bonchev–Trinajstić information content (AvgIpc) is 2.46. The van der Waals surface area contributed by atoms with Gasteiger partial charge in [0, 0.05) is 12.6 Å². The summed E-state index contributed by atoms with van der Waals surface area (Å²) in [5, 5.41) is 0. The van der Waals surface area contributed by atoms with Crippen LogP contribution in [0.25, 0.3) is 0 Å². The van der Waals surface area contributed by atoms with Crippen LogP contribution in [0, 0.1) is 11.8 Å². The molecule has 1 heterocycles. The fourth-order valence-electron chi connectivity index (χ4n) is 3.67. The van der Waals surface area contributed by atoms with Crippen molar-refractivity contribution in [3.8, 4) is 0 Å². The molecule has 1 aliphatic heterocycles. The maximum atomic E-state index is 6.40. The van der Waals surface area contributed by atoms with E-state index in [1.54, 1.807) is 0 Å². The summed E-state index contributed by atoms with van der Waals surface area (Å²) in [6, 6.07) is 0.424. The average molecular weight is 253 g/mol. The van der Waals surface area contributed by atoms with Gasteiger partial charge in [-0.3, -0.25) is 0 Å². The molecule has 0 radical (unpaired) electrons. The van der Waals surface area contributed by atoms with Gasteiger partial charge in [-0.2, -0.15) is 0 Å². The van der Waals surface area contributed by atoms with Crippen LogP contribution in [0.5, 0.6) is 0 Å². The largest absolute Gasteiger partial charge is 0.378 e. The molecule has 0 spiro atoms. The Bertz CT molecular complexity index is 217. The van der Waals surface area contributed by atoms with Gasteiger partial charge < -0.3 is 10.5 Å². The van der Waals surface area contributed by atoms with Gasteiger partial charge >= 0.3 is 0 Å². The van der Waals surface area contributed by atoms with E-state index >= 15 is 0 Å². The Labute approximate surface area is 113 Å². The van der Waals surface area contributed by atoms with Gasteiger partial charge in [-0.1, -0.05) is 26.2 Å². The van der Waals surface area contributed by atoms with Crippen molar-refractivity contribution < 1.29 is 4.74 Å². The van der Waals surface area contributed by atoms with Crippen LogP contribution in [-0.4, -0.2) is 18.8 Å². The lowest BCUT2D eigenvalue weighted by Gasteiger charge is -2.32. The molecule has 0 amide bonds. The highest BCUT2D eigenvalue weighted by Gasteiger charge is 2.25. The number of rotatable bonds is 5. The molecule has 1 saturated heterocycles. The molecule has 1 saturated carbocycles. The van der Waals surface area contributed by atoms with Crippen molar-refractivity contribution in [1.82, 2.24) is 0 Å². The molecule has 2 N–H and O–H groups in total. The van der Waals surface area contributed by atoms with Gasteiger partial charge in [0.2, 0.25) is 0 Å². The van der Waals surface area contributed by atoms with Crippen molar-refractivity contribution >= 4 is 0 Å². The standard InChI is InChI=1S/C16H31NO/c1-2-13-6-8-14(9-7-13)16(17)11-10-15-5-3-4-12-18-15/h13-16H,2-12,17H2,1H3. The Morgan fingerprint density at radius 3 is 2.50 bits per heavy atom. The van der Waals surface area contributed by atoms with Gasteiger partial charge in [0.15, 0.2) is 0 Å². The molecule has 18 heavy (non-hydrogen) atoms. The van der Waals surface area contributed by atoms with Crippen LogP contribution in [0.1, 0.15) is 71.1 Å². The Morgan fingerprint density at radius 2 is 1.89 bits per heavy atom. The van der Waals surface area contributed by atoms with Crippen LogP contribution < -0.4 is 5.73 Å². The summed E-state index contributed by atoms with van der Waals surface area (Å²) in [6.07, 6.45) is 13.6. The highest BCUT2D eigenvalue weighted by molar-refractivity contribution is 4.80. The minimum absolute atomic E-state index is 0.424. The van der Waals surface area contributed by atoms with Crippen LogP contribution >= 0.6 is 0 Å². The first-order valence-electron chi connectivity index (χ1n) is 8.16. The van der Waals surface area contributed by atoms with Crippen LogP contribution in [0.15, 0.2) is 0 Å². The van der Waals surface area contributed by atoms with E-state index in [4.69, 9.17) is 10.5 Å². The molecule has 0 aromatic carbocycles. The predicted octanol–water partition coefficient (Wildman–Crippen LogP) is 3.88. The van der Waals surface area contributed by atoms with E-state index in [-0.39, 0.29) is 0 Å². The summed E-state index contributed by atoms with van der Waals surface area (Å²) >= 11 is 0. The Balaban J connectivity index is 1.63. The first kappa shape index (κ1) is 14.3. The zero-order valence-corrected chi connectivity index (χ0v) is 12.1. The molecule has 2 rings (SSSR count). The molecule has 106 valence electrons. The topological polar surface area (TPSA) is 35.2 Å². The van der Waals surface area contributed by atoms with Gasteiger partial charge in [-0.05, 0) is 56.8 Å². The van der Waals surface area contributed by atoms with E-state index in [1.807, 2.05) is 0 Å².